The summed E-state index contributed by atoms with van der Waals surface area (Å²) in [6.07, 6.45) is 0. The number of carboxylic acids is 1. The lowest BCUT2D eigenvalue weighted by molar-refractivity contribution is 0.0688. The Bertz CT molecular complexity index is 987. The molecule has 3 aromatic rings. The number of nitrogens with one attached hydrogen (secondary N) is 2. The summed E-state index contributed by atoms with van der Waals surface area (Å²) < 4.78 is 19.0. The molecular formula is C17H16FN5O4. The lowest BCUT2D eigenvalue weighted by Crippen LogP contribution is -2.15. The van der Waals surface area contributed by atoms with Crippen molar-refractivity contribution in [1.82, 2.24) is 14.6 Å². The van der Waals surface area contributed by atoms with Gasteiger partial charge in [-0.05, 0) is 36.4 Å². The number of benzene rings is 1. The number of hydrogen-bond donors (Lipinski definition) is 3. The van der Waals surface area contributed by atoms with Crippen LogP contribution >= 0.6 is 0 Å². The minimum Gasteiger partial charge on any atom is -0.476 e. The van der Waals surface area contributed by atoms with Crippen LogP contribution in [0.4, 0.5) is 16.0 Å². The van der Waals surface area contributed by atoms with Crippen molar-refractivity contribution in [3.8, 4) is 0 Å². The van der Waals surface area contributed by atoms with Crippen molar-refractivity contribution in [3.05, 3.63) is 53.5 Å². The number of aromatic carboxylic acids is 1. The fourth-order valence-electron chi connectivity index (χ4n) is 2.41. The van der Waals surface area contributed by atoms with Crippen molar-refractivity contribution in [3.63, 3.8) is 0 Å². The van der Waals surface area contributed by atoms with Crippen LogP contribution in [0.2, 0.25) is 0 Å². The van der Waals surface area contributed by atoms with E-state index >= 15 is 0 Å². The SMILES string of the molecule is COCCNc1ccc2nc(NC(=O)c3ccc(F)cc3)nn2c1C(=O)O. The van der Waals surface area contributed by atoms with E-state index in [0.717, 1.165) is 16.6 Å². The predicted molar refractivity (Wildman–Crippen MR) is 94.7 cm³/mol. The van der Waals surface area contributed by atoms with Gasteiger partial charge in [0.05, 0.1) is 12.3 Å². The Hall–Kier alpha value is -3.53. The summed E-state index contributed by atoms with van der Waals surface area (Å²) in [7, 11) is 1.54. The largest absolute Gasteiger partial charge is 0.476 e. The maximum absolute atomic E-state index is 13.0. The highest BCUT2D eigenvalue weighted by molar-refractivity contribution is 6.03. The van der Waals surface area contributed by atoms with Crippen LogP contribution in [0.3, 0.4) is 0 Å². The zero-order valence-electron chi connectivity index (χ0n) is 14.3. The molecule has 0 aliphatic heterocycles. The van der Waals surface area contributed by atoms with Crippen molar-refractivity contribution in [2.24, 2.45) is 0 Å². The third-order valence-electron chi connectivity index (χ3n) is 3.65. The Kier molecular flexibility index (Phi) is 5.27. The number of carboxylic acid groups (broad SMARTS) is 1. The van der Waals surface area contributed by atoms with Gasteiger partial charge in [-0.2, -0.15) is 4.98 Å². The van der Waals surface area contributed by atoms with Crippen molar-refractivity contribution < 1.29 is 23.8 Å². The lowest BCUT2D eigenvalue weighted by atomic mass is 10.2. The molecule has 0 radical (unpaired) electrons. The number of pyridine rings is 1. The molecule has 0 saturated heterocycles. The fourth-order valence-corrected chi connectivity index (χ4v) is 2.41. The number of methoxy groups -OCH3 is 1. The molecule has 1 aromatic carbocycles. The van der Waals surface area contributed by atoms with Gasteiger partial charge in [-0.25, -0.2) is 13.7 Å². The quantitative estimate of drug-likeness (QED) is 0.541. The molecule has 27 heavy (non-hydrogen) atoms. The van der Waals surface area contributed by atoms with Gasteiger partial charge in [0.15, 0.2) is 11.3 Å². The lowest BCUT2D eigenvalue weighted by Gasteiger charge is -2.09. The summed E-state index contributed by atoms with van der Waals surface area (Å²) in [6.45, 7) is 0.804. The van der Waals surface area contributed by atoms with Crippen LogP contribution in [0.5, 0.6) is 0 Å². The molecule has 2 aromatic heterocycles. The molecule has 0 atom stereocenters. The predicted octanol–water partition coefficient (Wildman–Crippen LogP) is 1.88. The van der Waals surface area contributed by atoms with E-state index < -0.39 is 17.7 Å². The zero-order valence-corrected chi connectivity index (χ0v) is 14.3. The molecule has 0 aliphatic rings. The molecule has 140 valence electrons. The number of rotatable bonds is 7. The summed E-state index contributed by atoms with van der Waals surface area (Å²) in [5, 5.41) is 19.0. The number of amides is 1. The normalized spacial score (nSPS) is 10.7. The fraction of sp³-hybridized carbons (Fsp3) is 0.176. The van der Waals surface area contributed by atoms with E-state index in [1.54, 1.807) is 12.1 Å². The van der Waals surface area contributed by atoms with Crippen molar-refractivity contribution in [2.45, 2.75) is 0 Å². The Balaban J connectivity index is 1.89. The minimum atomic E-state index is -1.21. The highest BCUT2D eigenvalue weighted by Gasteiger charge is 2.19. The highest BCUT2D eigenvalue weighted by Crippen LogP contribution is 2.19. The van der Waals surface area contributed by atoms with Crippen molar-refractivity contribution >= 4 is 29.2 Å². The molecule has 0 unspecified atom stereocenters. The maximum atomic E-state index is 13.0. The van der Waals surface area contributed by atoms with Crippen LogP contribution in [0.15, 0.2) is 36.4 Å². The monoisotopic (exact) mass is 373 g/mol. The number of halogens is 1. The summed E-state index contributed by atoms with van der Waals surface area (Å²) in [5.41, 5.74) is 0.682. The molecule has 0 fully saturated rings. The smallest absolute Gasteiger partial charge is 0.356 e. The molecule has 3 rings (SSSR count). The van der Waals surface area contributed by atoms with E-state index in [9.17, 15) is 19.1 Å². The van der Waals surface area contributed by atoms with Gasteiger partial charge < -0.3 is 15.2 Å². The van der Waals surface area contributed by atoms with Crippen molar-refractivity contribution in [2.75, 3.05) is 30.9 Å². The number of carbonyl (C=O) groups is 2. The Labute approximate surface area is 152 Å². The number of nitrogens with zero attached hydrogens (tertiary/aromatic N) is 3. The van der Waals surface area contributed by atoms with Crippen LogP contribution in [0, 0.1) is 5.82 Å². The van der Waals surface area contributed by atoms with E-state index in [2.05, 4.69) is 20.7 Å². The molecule has 10 heteroatoms. The maximum Gasteiger partial charge on any atom is 0.356 e. The molecule has 2 heterocycles. The molecule has 0 bridgehead atoms. The first-order valence-corrected chi connectivity index (χ1v) is 7.92. The molecule has 3 N–H and O–H groups in total. The van der Waals surface area contributed by atoms with Gasteiger partial charge in [0.25, 0.3) is 5.91 Å². The van der Waals surface area contributed by atoms with E-state index in [1.165, 1.54) is 19.2 Å². The number of aromatic nitrogens is 3. The molecular weight excluding hydrogens is 357 g/mol. The molecule has 9 nitrogen and oxygen atoms in total. The second-order valence-electron chi connectivity index (χ2n) is 5.49. The number of carbonyl (C=O) groups excluding carboxylic acids is 1. The first-order chi connectivity index (χ1) is 13.0. The Morgan fingerprint density at radius 3 is 2.63 bits per heavy atom. The van der Waals surface area contributed by atoms with Crippen LogP contribution in [-0.4, -0.2) is 51.8 Å². The van der Waals surface area contributed by atoms with Gasteiger partial charge in [0.2, 0.25) is 5.95 Å². The van der Waals surface area contributed by atoms with Crippen molar-refractivity contribution in [1.29, 1.82) is 0 Å². The Morgan fingerprint density at radius 2 is 1.96 bits per heavy atom. The summed E-state index contributed by atoms with van der Waals surface area (Å²) in [6, 6.07) is 8.10. The molecule has 0 saturated carbocycles. The number of ether oxygens (including phenoxy) is 1. The van der Waals surface area contributed by atoms with Gasteiger partial charge >= 0.3 is 5.97 Å². The van der Waals surface area contributed by atoms with Crippen LogP contribution in [-0.2, 0) is 4.74 Å². The Morgan fingerprint density at radius 1 is 1.22 bits per heavy atom. The third-order valence-corrected chi connectivity index (χ3v) is 3.65. The van der Waals surface area contributed by atoms with E-state index in [4.69, 9.17) is 4.74 Å². The van der Waals surface area contributed by atoms with E-state index in [-0.39, 0.29) is 22.9 Å². The highest BCUT2D eigenvalue weighted by atomic mass is 19.1. The molecule has 1 amide bonds. The van der Waals surface area contributed by atoms with Crippen LogP contribution in [0.1, 0.15) is 20.8 Å². The van der Waals surface area contributed by atoms with Gasteiger partial charge in [-0.3, -0.25) is 10.1 Å². The first kappa shape index (κ1) is 18.3. The minimum absolute atomic E-state index is 0.0686. The topological polar surface area (TPSA) is 118 Å². The summed E-state index contributed by atoms with van der Waals surface area (Å²) >= 11 is 0. The average Bonchev–Trinajstić information content (AvgIpc) is 3.04. The third kappa shape index (κ3) is 4.01. The summed E-state index contributed by atoms with van der Waals surface area (Å²) in [5.74, 6) is -2.28. The van der Waals surface area contributed by atoms with Gasteiger partial charge in [0, 0.05) is 19.2 Å². The number of hydrogen-bond acceptors (Lipinski definition) is 6. The second kappa shape index (κ2) is 7.79. The van der Waals surface area contributed by atoms with Gasteiger partial charge in [-0.15, -0.1) is 5.10 Å². The van der Waals surface area contributed by atoms with Crippen LogP contribution in [0.25, 0.3) is 5.65 Å². The second-order valence-corrected chi connectivity index (χ2v) is 5.49. The first-order valence-electron chi connectivity index (χ1n) is 7.92. The van der Waals surface area contributed by atoms with E-state index in [1.807, 2.05) is 0 Å². The van der Waals surface area contributed by atoms with Gasteiger partial charge in [0.1, 0.15) is 5.82 Å². The number of anilines is 2. The zero-order chi connectivity index (χ0) is 19.4. The van der Waals surface area contributed by atoms with Gasteiger partial charge in [-0.1, -0.05) is 0 Å². The van der Waals surface area contributed by atoms with Crippen LogP contribution < -0.4 is 10.6 Å². The summed E-state index contributed by atoms with van der Waals surface area (Å²) in [4.78, 5) is 28.0. The molecule has 0 spiro atoms. The average molecular weight is 373 g/mol. The standard InChI is InChI=1S/C17H16FN5O4/c1-27-9-8-19-12-6-7-13-20-17(22-23(13)14(12)16(25)26)21-15(24)10-2-4-11(18)5-3-10/h2-7,19H,8-9H2,1H3,(H,25,26)(H,21,22,24). The molecule has 0 aliphatic carbocycles. The van der Waals surface area contributed by atoms with E-state index in [0.29, 0.717) is 18.8 Å². The number of fused-ring (bicyclic) bond motifs is 1.